The van der Waals surface area contributed by atoms with Crippen LogP contribution in [-0.4, -0.2) is 39.3 Å². The van der Waals surface area contributed by atoms with Gasteiger partial charge < -0.3 is 9.79 Å². The van der Waals surface area contributed by atoms with Crippen molar-refractivity contribution < 1.29 is 27.7 Å². The molecule has 0 bridgehead atoms. The zero-order valence-electron chi connectivity index (χ0n) is 13.1. The largest absolute Gasteiger partial charge is 0.472 e. The minimum atomic E-state index is -5.13. The van der Waals surface area contributed by atoms with E-state index < -0.39 is 25.2 Å². The molecular formula is C13H13F2N6O4P. The molecule has 138 valence electrons. The summed E-state index contributed by atoms with van der Waals surface area (Å²) < 4.78 is 46.8. The Kier molecular flexibility index (Phi) is 4.92. The van der Waals surface area contributed by atoms with E-state index in [2.05, 4.69) is 20.2 Å². The predicted molar refractivity (Wildman–Crippen MR) is 81.2 cm³/mol. The SMILES string of the molecule is O=P(O)(O)OC(CCn1cncn1)(c1ccc(F)cc1F)n1cncn1. The van der Waals surface area contributed by atoms with Crippen molar-refractivity contribution in [2.45, 2.75) is 18.7 Å². The van der Waals surface area contributed by atoms with Gasteiger partial charge in [0.05, 0.1) is 0 Å². The monoisotopic (exact) mass is 386 g/mol. The molecular weight excluding hydrogens is 373 g/mol. The van der Waals surface area contributed by atoms with Crippen molar-refractivity contribution in [1.29, 1.82) is 0 Å². The van der Waals surface area contributed by atoms with Crippen LogP contribution >= 0.6 is 7.82 Å². The molecule has 0 aliphatic rings. The fourth-order valence-corrected chi connectivity index (χ4v) is 3.19. The number of aromatic nitrogens is 6. The van der Waals surface area contributed by atoms with Gasteiger partial charge in [-0.05, 0) is 12.1 Å². The molecule has 2 aromatic heterocycles. The number of aryl methyl sites for hydroxylation is 1. The first-order valence-electron chi connectivity index (χ1n) is 7.19. The number of nitrogens with zero attached hydrogens (tertiary/aromatic N) is 6. The number of halogens is 2. The van der Waals surface area contributed by atoms with Gasteiger partial charge in [0.25, 0.3) is 0 Å². The van der Waals surface area contributed by atoms with E-state index in [0.717, 1.165) is 29.5 Å². The molecule has 0 amide bonds. The molecule has 3 aromatic rings. The standard InChI is InChI=1S/C13H13F2N6O4P/c14-10-1-2-11(12(15)5-10)13(25-26(22,23)24,21-9-17-7-19-21)3-4-20-8-16-6-18-20/h1-2,5-9H,3-4H2,(H2,22,23,24). The highest BCUT2D eigenvalue weighted by molar-refractivity contribution is 7.46. The summed E-state index contributed by atoms with van der Waals surface area (Å²) in [6.45, 7) is 0.0384. The summed E-state index contributed by atoms with van der Waals surface area (Å²) in [5.74, 6) is -1.92. The summed E-state index contributed by atoms with van der Waals surface area (Å²) in [5.41, 5.74) is -2.42. The smallest absolute Gasteiger partial charge is 0.303 e. The molecule has 1 unspecified atom stereocenters. The molecule has 0 aliphatic carbocycles. The third kappa shape index (κ3) is 3.83. The van der Waals surface area contributed by atoms with Crippen molar-refractivity contribution in [1.82, 2.24) is 29.5 Å². The first kappa shape index (κ1) is 18.3. The maximum atomic E-state index is 14.5. The molecule has 0 saturated carbocycles. The second-order valence-corrected chi connectivity index (χ2v) is 6.40. The van der Waals surface area contributed by atoms with Gasteiger partial charge in [-0.15, -0.1) is 0 Å². The number of phosphoric acid groups is 1. The van der Waals surface area contributed by atoms with E-state index in [4.69, 9.17) is 4.52 Å². The summed E-state index contributed by atoms with van der Waals surface area (Å²) in [6, 6.07) is 2.56. The van der Waals surface area contributed by atoms with Gasteiger partial charge in [-0.25, -0.2) is 28.0 Å². The van der Waals surface area contributed by atoms with Crippen LogP contribution < -0.4 is 0 Å². The number of benzene rings is 1. The lowest BCUT2D eigenvalue weighted by Crippen LogP contribution is -2.40. The van der Waals surface area contributed by atoms with Gasteiger partial charge >= 0.3 is 7.82 Å². The van der Waals surface area contributed by atoms with Crippen LogP contribution in [0.15, 0.2) is 43.5 Å². The molecule has 0 saturated heterocycles. The predicted octanol–water partition coefficient (Wildman–Crippen LogP) is 1.05. The van der Waals surface area contributed by atoms with Crippen molar-refractivity contribution in [2.24, 2.45) is 0 Å². The van der Waals surface area contributed by atoms with Crippen molar-refractivity contribution >= 4 is 7.82 Å². The normalized spacial score (nSPS) is 14.3. The summed E-state index contributed by atoms with van der Waals surface area (Å²) in [7, 11) is -5.13. The van der Waals surface area contributed by atoms with Gasteiger partial charge in [0, 0.05) is 24.6 Å². The lowest BCUT2D eigenvalue weighted by molar-refractivity contribution is -0.0211. The quantitative estimate of drug-likeness (QED) is 0.577. The minimum Gasteiger partial charge on any atom is -0.303 e. The molecule has 1 aromatic carbocycles. The van der Waals surface area contributed by atoms with E-state index in [-0.39, 0.29) is 18.5 Å². The fourth-order valence-electron chi connectivity index (χ4n) is 2.52. The van der Waals surface area contributed by atoms with E-state index >= 15 is 0 Å². The number of hydrogen-bond donors (Lipinski definition) is 2. The topological polar surface area (TPSA) is 128 Å². The first-order valence-corrected chi connectivity index (χ1v) is 8.72. The lowest BCUT2D eigenvalue weighted by Gasteiger charge is -2.34. The van der Waals surface area contributed by atoms with E-state index in [1.54, 1.807) is 0 Å². The Morgan fingerprint density at radius 3 is 2.46 bits per heavy atom. The number of hydrogen-bond acceptors (Lipinski definition) is 6. The van der Waals surface area contributed by atoms with E-state index in [1.165, 1.54) is 17.3 Å². The Morgan fingerprint density at radius 2 is 1.88 bits per heavy atom. The highest BCUT2D eigenvalue weighted by Gasteiger charge is 2.44. The Balaban J connectivity index is 2.14. The summed E-state index contributed by atoms with van der Waals surface area (Å²) in [5, 5.41) is 7.73. The van der Waals surface area contributed by atoms with Crippen molar-refractivity contribution in [2.75, 3.05) is 0 Å². The fraction of sp³-hybridized carbons (Fsp3) is 0.231. The highest BCUT2D eigenvalue weighted by Crippen LogP contribution is 2.48. The van der Waals surface area contributed by atoms with Crippen LogP contribution in [0.5, 0.6) is 0 Å². The molecule has 0 spiro atoms. The second-order valence-electron chi connectivity index (χ2n) is 5.24. The van der Waals surface area contributed by atoms with E-state index in [0.29, 0.717) is 6.07 Å². The molecule has 0 fully saturated rings. The van der Waals surface area contributed by atoms with Crippen LogP contribution in [0.4, 0.5) is 8.78 Å². The Hall–Kier alpha value is -2.53. The molecule has 26 heavy (non-hydrogen) atoms. The third-order valence-electron chi connectivity index (χ3n) is 3.56. The molecule has 2 N–H and O–H groups in total. The molecule has 13 heteroatoms. The summed E-state index contributed by atoms with van der Waals surface area (Å²) >= 11 is 0. The van der Waals surface area contributed by atoms with Gasteiger partial charge in [-0.2, -0.15) is 10.2 Å². The van der Waals surface area contributed by atoms with Gasteiger partial charge in [0.1, 0.15) is 36.9 Å². The van der Waals surface area contributed by atoms with Crippen LogP contribution in [0.3, 0.4) is 0 Å². The maximum Gasteiger partial charge on any atom is 0.472 e. The van der Waals surface area contributed by atoms with Gasteiger partial charge in [-0.1, -0.05) is 0 Å². The summed E-state index contributed by atoms with van der Waals surface area (Å²) in [6.07, 6.45) is 4.62. The summed E-state index contributed by atoms with van der Waals surface area (Å²) in [4.78, 5) is 26.3. The van der Waals surface area contributed by atoms with Gasteiger partial charge in [0.15, 0.2) is 0 Å². The Labute approximate surface area is 145 Å². The molecule has 0 radical (unpaired) electrons. The average Bonchev–Trinajstić information content (AvgIpc) is 3.24. The van der Waals surface area contributed by atoms with Crippen LogP contribution in [0.1, 0.15) is 12.0 Å². The molecule has 3 rings (SSSR count). The maximum absolute atomic E-state index is 14.5. The number of phosphoric ester groups is 1. The van der Waals surface area contributed by atoms with Crippen molar-refractivity contribution in [3.8, 4) is 0 Å². The number of rotatable bonds is 7. The zero-order chi connectivity index (χ0) is 18.8. The second kappa shape index (κ2) is 7.00. The van der Waals surface area contributed by atoms with Crippen LogP contribution in [-0.2, 0) is 21.4 Å². The third-order valence-corrected chi connectivity index (χ3v) is 4.10. The van der Waals surface area contributed by atoms with Crippen LogP contribution in [0.25, 0.3) is 0 Å². The van der Waals surface area contributed by atoms with Gasteiger partial charge in [0.2, 0.25) is 5.72 Å². The van der Waals surface area contributed by atoms with Crippen LogP contribution in [0, 0.1) is 11.6 Å². The molecule has 2 heterocycles. The van der Waals surface area contributed by atoms with Crippen LogP contribution in [0.2, 0.25) is 0 Å². The van der Waals surface area contributed by atoms with E-state index in [1.807, 2.05) is 0 Å². The van der Waals surface area contributed by atoms with Crippen molar-refractivity contribution in [3.05, 3.63) is 60.7 Å². The molecule has 10 nitrogen and oxygen atoms in total. The first-order chi connectivity index (χ1) is 12.3. The van der Waals surface area contributed by atoms with Gasteiger partial charge in [-0.3, -0.25) is 9.21 Å². The van der Waals surface area contributed by atoms with Crippen molar-refractivity contribution in [3.63, 3.8) is 0 Å². The molecule has 0 aliphatic heterocycles. The highest BCUT2D eigenvalue weighted by atomic mass is 31.2. The minimum absolute atomic E-state index is 0.0384. The lowest BCUT2D eigenvalue weighted by atomic mass is 9.98. The average molecular weight is 386 g/mol. The Morgan fingerprint density at radius 1 is 1.15 bits per heavy atom. The van der Waals surface area contributed by atoms with E-state index in [9.17, 15) is 23.1 Å². The Bertz CT molecular complexity index is 917. The molecule has 1 atom stereocenters. The zero-order valence-corrected chi connectivity index (χ0v) is 13.9.